The second-order valence-electron chi connectivity index (χ2n) is 6.77. The molecule has 1 aliphatic carbocycles. The Hall–Kier alpha value is -2.47. The monoisotopic (exact) mass is 392 g/mol. The van der Waals surface area contributed by atoms with Crippen LogP contribution >= 0.6 is 11.6 Å². The van der Waals surface area contributed by atoms with Gasteiger partial charge in [0.25, 0.3) is 0 Å². The lowest BCUT2D eigenvalue weighted by atomic mass is 9.75. The van der Waals surface area contributed by atoms with Crippen LogP contribution in [-0.4, -0.2) is 5.97 Å². The summed E-state index contributed by atoms with van der Waals surface area (Å²) in [6.07, 6.45) is 0.00707. The fourth-order valence-corrected chi connectivity index (χ4v) is 4.31. The summed E-state index contributed by atoms with van der Waals surface area (Å²) in [5, 5.41) is 15.1. The van der Waals surface area contributed by atoms with Gasteiger partial charge in [-0.05, 0) is 41.7 Å². The third-order valence-corrected chi connectivity index (χ3v) is 5.58. The maximum absolute atomic E-state index is 13.1. The molecule has 7 heteroatoms. The minimum absolute atomic E-state index is 0.0472. The van der Waals surface area contributed by atoms with Gasteiger partial charge in [0.2, 0.25) is 0 Å². The molecule has 27 heavy (non-hydrogen) atoms. The van der Waals surface area contributed by atoms with Gasteiger partial charge in [0, 0.05) is 11.5 Å². The number of anilines is 1. The molecule has 4 rings (SSSR count). The summed E-state index contributed by atoms with van der Waals surface area (Å²) in [6.45, 7) is 0. The molecule has 1 aliphatic heterocycles. The van der Waals surface area contributed by atoms with Gasteiger partial charge in [0.15, 0.2) is 0 Å². The lowest BCUT2D eigenvalue weighted by Crippen LogP contribution is -2.33. The topological polar surface area (TPSA) is 52.2 Å². The number of carboxylic acids is 1. The molecule has 0 amide bonds. The van der Waals surface area contributed by atoms with E-state index in [4.69, 9.17) is 11.6 Å². The van der Waals surface area contributed by atoms with E-state index in [1.165, 1.54) is 18.2 Å². The summed E-state index contributed by atoms with van der Waals surface area (Å²) in [7, 11) is 0. The Morgan fingerprint density at radius 1 is 1.22 bits per heavy atom. The summed E-state index contributed by atoms with van der Waals surface area (Å²) in [5.41, 5.74) is 0.790. The van der Waals surface area contributed by atoms with Gasteiger partial charge in [-0.3, -0.25) is 0 Å². The minimum atomic E-state index is -4.43. The number of nitrogens with one attached hydrogen (secondary N) is 1. The highest BCUT2D eigenvalue weighted by atomic mass is 35.5. The quantitative estimate of drug-likeness (QED) is 0.763. The number of halogens is 4. The van der Waals surface area contributed by atoms with Gasteiger partial charge < -0.3 is 15.2 Å². The third-order valence-electron chi connectivity index (χ3n) is 5.26. The first-order chi connectivity index (χ1) is 12.8. The first-order valence-corrected chi connectivity index (χ1v) is 8.79. The second-order valence-corrected chi connectivity index (χ2v) is 7.18. The summed E-state index contributed by atoms with van der Waals surface area (Å²) in [4.78, 5) is 11.5. The van der Waals surface area contributed by atoms with E-state index >= 15 is 0 Å². The number of rotatable bonds is 2. The summed E-state index contributed by atoms with van der Waals surface area (Å²) < 4.78 is 39.4. The van der Waals surface area contributed by atoms with Gasteiger partial charge in [0.1, 0.15) is 0 Å². The van der Waals surface area contributed by atoms with Crippen molar-refractivity contribution >= 4 is 23.3 Å². The van der Waals surface area contributed by atoms with Crippen LogP contribution < -0.4 is 10.4 Å². The highest BCUT2D eigenvalue weighted by Crippen LogP contribution is 2.52. The molecule has 0 saturated heterocycles. The van der Waals surface area contributed by atoms with Crippen LogP contribution in [0, 0.1) is 5.92 Å². The molecule has 1 N–H and O–H groups in total. The predicted octanol–water partition coefficient (Wildman–Crippen LogP) is 4.55. The first-order valence-electron chi connectivity index (χ1n) is 8.41. The average molecular weight is 393 g/mol. The molecule has 0 aromatic heterocycles. The van der Waals surface area contributed by atoms with Crippen molar-refractivity contribution in [1.82, 2.24) is 0 Å². The van der Waals surface area contributed by atoms with Gasteiger partial charge in [0.05, 0.1) is 28.3 Å². The van der Waals surface area contributed by atoms with Gasteiger partial charge in [-0.25, -0.2) is 0 Å². The zero-order valence-electron chi connectivity index (χ0n) is 13.9. The number of benzene rings is 2. The smallest absolute Gasteiger partial charge is 0.416 e. The van der Waals surface area contributed by atoms with E-state index in [1.807, 2.05) is 12.2 Å². The standard InChI is InChI=1S/C20H15ClF3NO2/c21-15-8-7-14(19(26)27)16-12-5-2-6-13(12)17(25-18(15)16)10-3-1-4-11(9-10)20(22,23)24/h1-5,7-9,12-13,17,25H,6H2,(H,26,27)/p-1/t12-,13-,17-/m0/s1. The number of carboxylic acid groups (broad SMARTS) is 1. The van der Waals surface area contributed by atoms with Gasteiger partial charge in [-0.2, -0.15) is 13.2 Å². The second kappa shape index (κ2) is 6.30. The summed E-state index contributed by atoms with van der Waals surface area (Å²) in [5.74, 6) is -1.67. The molecule has 1 heterocycles. The number of hydrogen-bond donors (Lipinski definition) is 1. The van der Waals surface area contributed by atoms with Crippen LogP contribution in [0.25, 0.3) is 0 Å². The van der Waals surface area contributed by atoms with E-state index in [2.05, 4.69) is 5.32 Å². The molecule has 2 aromatic carbocycles. The zero-order chi connectivity index (χ0) is 19.3. The number of carbonyl (C=O) groups is 1. The van der Waals surface area contributed by atoms with Crippen molar-refractivity contribution in [3.8, 4) is 0 Å². The summed E-state index contributed by atoms with van der Waals surface area (Å²) in [6, 6.07) is 7.64. The van der Waals surface area contributed by atoms with E-state index in [-0.39, 0.29) is 17.4 Å². The van der Waals surface area contributed by atoms with Crippen LogP contribution in [0.4, 0.5) is 18.9 Å². The molecule has 0 saturated carbocycles. The minimum Gasteiger partial charge on any atom is -0.545 e. The van der Waals surface area contributed by atoms with E-state index in [0.29, 0.717) is 28.3 Å². The Morgan fingerprint density at radius 3 is 2.70 bits per heavy atom. The molecule has 0 fully saturated rings. The highest BCUT2D eigenvalue weighted by molar-refractivity contribution is 6.33. The number of fused-ring (bicyclic) bond motifs is 3. The highest BCUT2D eigenvalue weighted by Gasteiger charge is 2.41. The third kappa shape index (κ3) is 2.98. The Labute approximate surface area is 158 Å². The van der Waals surface area contributed by atoms with Crippen molar-refractivity contribution in [2.24, 2.45) is 5.92 Å². The number of hydrogen-bond acceptors (Lipinski definition) is 3. The van der Waals surface area contributed by atoms with E-state index in [9.17, 15) is 23.1 Å². The fraction of sp³-hybridized carbons (Fsp3) is 0.250. The van der Waals surface area contributed by atoms with E-state index < -0.39 is 23.8 Å². The molecule has 2 aliphatic rings. The zero-order valence-corrected chi connectivity index (χ0v) is 14.6. The molecule has 0 radical (unpaired) electrons. The van der Waals surface area contributed by atoms with Gasteiger partial charge >= 0.3 is 6.18 Å². The molecule has 0 bridgehead atoms. The summed E-state index contributed by atoms with van der Waals surface area (Å²) >= 11 is 6.29. The van der Waals surface area contributed by atoms with Crippen LogP contribution in [0.15, 0.2) is 48.6 Å². The van der Waals surface area contributed by atoms with Crippen LogP contribution in [0.2, 0.25) is 5.02 Å². The Kier molecular flexibility index (Phi) is 4.18. The Morgan fingerprint density at radius 2 is 2.00 bits per heavy atom. The molecule has 2 aromatic rings. The number of aromatic carboxylic acids is 1. The van der Waals surface area contributed by atoms with Crippen molar-refractivity contribution < 1.29 is 23.1 Å². The lowest BCUT2D eigenvalue weighted by Gasteiger charge is -2.39. The number of carbonyl (C=O) groups excluding carboxylic acids is 1. The molecule has 0 spiro atoms. The number of alkyl halides is 3. The van der Waals surface area contributed by atoms with Crippen molar-refractivity contribution in [2.75, 3.05) is 5.32 Å². The predicted molar refractivity (Wildman–Crippen MR) is 93.6 cm³/mol. The Balaban J connectivity index is 1.84. The van der Waals surface area contributed by atoms with Crippen molar-refractivity contribution in [3.05, 3.63) is 75.8 Å². The fourth-order valence-electron chi connectivity index (χ4n) is 4.09. The van der Waals surface area contributed by atoms with Crippen molar-refractivity contribution in [1.29, 1.82) is 0 Å². The van der Waals surface area contributed by atoms with E-state index in [1.54, 1.807) is 6.07 Å². The lowest BCUT2D eigenvalue weighted by molar-refractivity contribution is -0.255. The maximum atomic E-state index is 13.1. The Bertz CT molecular complexity index is 955. The average Bonchev–Trinajstić information content (AvgIpc) is 3.10. The molecule has 0 unspecified atom stereocenters. The molecule has 140 valence electrons. The van der Waals surface area contributed by atoms with Crippen molar-refractivity contribution in [3.63, 3.8) is 0 Å². The van der Waals surface area contributed by atoms with Gasteiger partial charge in [-0.1, -0.05) is 42.0 Å². The number of allylic oxidation sites excluding steroid dienone is 2. The largest absolute Gasteiger partial charge is 0.545 e. The van der Waals surface area contributed by atoms with Crippen LogP contribution in [0.3, 0.4) is 0 Å². The van der Waals surface area contributed by atoms with Crippen molar-refractivity contribution in [2.45, 2.75) is 24.6 Å². The van der Waals surface area contributed by atoms with Crippen LogP contribution in [-0.2, 0) is 6.18 Å². The van der Waals surface area contributed by atoms with E-state index in [0.717, 1.165) is 12.1 Å². The molecular formula is C20H14ClF3NO2-. The molecule has 3 nitrogen and oxygen atoms in total. The van der Waals surface area contributed by atoms with Crippen LogP contribution in [0.1, 0.15) is 45.4 Å². The maximum Gasteiger partial charge on any atom is 0.416 e. The first kappa shape index (κ1) is 17.9. The normalized spacial score (nSPS) is 23.5. The van der Waals surface area contributed by atoms with Crippen LogP contribution in [0.5, 0.6) is 0 Å². The SMILES string of the molecule is O=C([O-])c1ccc(Cl)c2c1[C@H]1C=CC[C@@H]1[C@H](c1cccc(C(F)(F)F)c1)N2. The van der Waals surface area contributed by atoms with Gasteiger partial charge in [-0.15, -0.1) is 0 Å². The molecular weight excluding hydrogens is 379 g/mol. The molecule has 3 atom stereocenters.